The van der Waals surface area contributed by atoms with Gasteiger partial charge in [-0.25, -0.2) is 9.78 Å². The zero-order valence-electron chi connectivity index (χ0n) is 9.04. The lowest BCUT2D eigenvalue weighted by Crippen LogP contribution is -2.07. The zero-order valence-corrected chi connectivity index (χ0v) is 11.4. The molecule has 2 aromatic rings. The number of fused-ring (bicyclic) bond motifs is 1. The highest BCUT2D eigenvalue weighted by atomic mass is 79.9. The van der Waals surface area contributed by atoms with E-state index >= 15 is 0 Å². The van der Waals surface area contributed by atoms with Crippen LogP contribution in [0.25, 0.3) is 10.9 Å². The van der Waals surface area contributed by atoms with Crippen molar-refractivity contribution in [3.05, 3.63) is 39.5 Å². The topological polar surface area (TPSA) is 39.2 Å². The van der Waals surface area contributed by atoms with Gasteiger partial charge in [0.1, 0.15) is 5.69 Å². The summed E-state index contributed by atoms with van der Waals surface area (Å²) in [5.74, 6) is -0.449. The molecule has 0 atom stereocenters. The van der Waals surface area contributed by atoms with Crippen LogP contribution in [0.3, 0.4) is 0 Å². The smallest absolute Gasteiger partial charge is 0.356 e. The maximum atomic E-state index is 11.6. The summed E-state index contributed by atoms with van der Waals surface area (Å²) in [4.78, 5) is 15.8. The van der Waals surface area contributed by atoms with Gasteiger partial charge in [0, 0.05) is 9.86 Å². The van der Waals surface area contributed by atoms with Crippen molar-refractivity contribution in [2.24, 2.45) is 0 Å². The van der Waals surface area contributed by atoms with Gasteiger partial charge in [-0.3, -0.25) is 0 Å². The number of ether oxygens (including phenoxy) is 1. The number of esters is 1. The summed E-state index contributed by atoms with van der Waals surface area (Å²) in [6, 6.07) is 7.09. The summed E-state index contributed by atoms with van der Waals surface area (Å²) in [6.45, 7) is 2.07. The standard InChI is InChI=1S/C12H9BrClNO2/c1-2-17-12(16)10-6-8(13)7-4-3-5-9(14)11(7)15-10/h3-6H,2H2,1H3. The Kier molecular flexibility index (Phi) is 3.64. The van der Waals surface area contributed by atoms with Crippen LogP contribution in [0.1, 0.15) is 17.4 Å². The molecular formula is C12H9BrClNO2. The Morgan fingerprint density at radius 3 is 3.00 bits per heavy atom. The van der Waals surface area contributed by atoms with Gasteiger partial charge < -0.3 is 4.74 Å². The molecule has 17 heavy (non-hydrogen) atoms. The van der Waals surface area contributed by atoms with Crippen LogP contribution < -0.4 is 0 Å². The number of hydrogen-bond donors (Lipinski definition) is 0. The van der Waals surface area contributed by atoms with E-state index < -0.39 is 5.97 Å². The van der Waals surface area contributed by atoms with Crippen LogP contribution >= 0.6 is 27.5 Å². The van der Waals surface area contributed by atoms with Crippen molar-refractivity contribution in [2.45, 2.75) is 6.92 Å². The van der Waals surface area contributed by atoms with Gasteiger partial charge >= 0.3 is 5.97 Å². The third kappa shape index (κ3) is 2.42. The maximum absolute atomic E-state index is 11.6. The van der Waals surface area contributed by atoms with Gasteiger partial charge in [-0.15, -0.1) is 0 Å². The molecule has 2 rings (SSSR count). The number of carbonyl (C=O) groups excluding carboxylic acids is 1. The Bertz CT molecular complexity index is 586. The van der Waals surface area contributed by atoms with Crippen molar-refractivity contribution in [1.82, 2.24) is 4.98 Å². The molecule has 0 aliphatic heterocycles. The number of aromatic nitrogens is 1. The van der Waals surface area contributed by atoms with Gasteiger partial charge in [0.2, 0.25) is 0 Å². The van der Waals surface area contributed by atoms with Crippen LogP contribution in [-0.2, 0) is 4.74 Å². The fourth-order valence-corrected chi connectivity index (χ4v) is 2.24. The molecule has 0 saturated heterocycles. The summed E-state index contributed by atoms with van der Waals surface area (Å²) in [5.41, 5.74) is 0.839. The Balaban J connectivity index is 2.62. The van der Waals surface area contributed by atoms with Gasteiger partial charge in [-0.1, -0.05) is 39.7 Å². The molecule has 0 unspecified atom stereocenters. The number of benzene rings is 1. The van der Waals surface area contributed by atoms with E-state index in [2.05, 4.69) is 20.9 Å². The van der Waals surface area contributed by atoms with Gasteiger partial charge in [-0.05, 0) is 19.1 Å². The number of nitrogens with zero attached hydrogens (tertiary/aromatic N) is 1. The monoisotopic (exact) mass is 313 g/mol. The molecule has 1 aromatic heterocycles. The molecule has 0 N–H and O–H groups in total. The van der Waals surface area contributed by atoms with Gasteiger partial charge in [0.25, 0.3) is 0 Å². The van der Waals surface area contributed by atoms with Gasteiger partial charge in [-0.2, -0.15) is 0 Å². The van der Waals surface area contributed by atoms with Crippen LogP contribution in [0.2, 0.25) is 5.02 Å². The Hall–Kier alpha value is -1.13. The van der Waals surface area contributed by atoms with Crippen LogP contribution in [0, 0.1) is 0 Å². The molecule has 0 fully saturated rings. The molecule has 0 aliphatic carbocycles. The maximum Gasteiger partial charge on any atom is 0.356 e. The van der Waals surface area contributed by atoms with Crippen molar-refractivity contribution in [1.29, 1.82) is 0 Å². The lowest BCUT2D eigenvalue weighted by molar-refractivity contribution is 0.0520. The molecule has 1 heterocycles. The minimum atomic E-state index is -0.449. The first-order valence-electron chi connectivity index (χ1n) is 5.05. The van der Waals surface area contributed by atoms with Crippen LogP contribution in [0.5, 0.6) is 0 Å². The predicted molar refractivity (Wildman–Crippen MR) is 70.4 cm³/mol. The summed E-state index contributed by atoms with van der Waals surface area (Å²) in [6.07, 6.45) is 0. The first-order valence-corrected chi connectivity index (χ1v) is 6.22. The number of para-hydroxylation sites is 1. The second-order valence-electron chi connectivity index (χ2n) is 3.35. The minimum Gasteiger partial charge on any atom is -0.461 e. The highest BCUT2D eigenvalue weighted by Crippen LogP contribution is 2.28. The summed E-state index contributed by atoms with van der Waals surface area (Å²) in [5, 5.41) is 1.37. The van der Waals surface area contributed by atoms with Gasteiger partial charge in [0.15, 0.2) is 0 Å². The van der Waals surface area contributed by atoms with Gasteiger partial charge in [0.05, 0.1) is 17.1 Å². The van der Waals surface area contributed by atoms with E-state index in [9.17, 15) is 4.79 Å². The van der Waals surface area contributed by atoms with Crippen molar-refractivity contribution in [3.8, 4) is 0 Å². The number of hydrogen-bond acceptors (Lipinski definition) is 3. The van der Waals surface area contributed by atoms with E-state index in [0.29, 0.717) is 17.1 Å². The average molecular weight is 315 g/mol. The van der Waals surface area contributed by atoms with Crippen molar-refractivity contribution < 1.29 is 9.53 Å². The SMILES string of the molecule is CCOC(=O)c1cc(Br)c2cccc(Cl)c2n1. The Morgan fingerprint density at radius 1 is 1.53 bits per heavy atom. The quantitative estimate of drug-likeness (QED) is 0.791. The second kappa shape index (κ2) is 5.02. The molecule has 3 nitrogen and oxygen atoms in total. The van der Waals surface area contributed by atoms with Crippen molar-refractivity contribution in [3.63, 3.8) is 0 Å². The summed E-state index contributed by atoms with van der Waals surface area (Å²) in [7, 11) is 0. The van der Waals surface area contributed by atoms with E-state index in [1.165, 1.54) is 0 Å². The molecule has 1 aromatic carbocycles. The molecule has 5 heteroatoms. The fourth-order valence-electron chi connectivity index (χ4n) is 1.48. The van der Waals surface area contributed by atoms with Crippen LogP contribution in [0.15, 0.2) is 28.7 Å². The summed E-state index contributed by atoms with van der Waals surface area (Å²) >= 11 is 9.44. The van der Waals surface area contributed by atoms with E-state index in [-0.39, 0.29) is 5.69 Å². The summed E-state index contributed by atoms with van der Waals surface area (Å²) < 4.78 is 5.68. The first-order chi connectivity index (χ1) is 8.13. The van der Waals surface area contributed by atoms with E-state index in [1.807, 2.05) is 12.1 Å². The molecule has 0 saturated carbocycles. The number of rotatable bonds is 2. The highest BCUT2D eigenvalue weighted by molar-refractivity contribution is 9.10. The number of pyridine rings is 1. The first kappa shape index (κ1) is 12.3. The van der Waals surface area contributed by atoms with E-state index in [0.717, 1.165) is 9.86 Å². The molecule has 0 amide bonds. The highest BCUT2D eigenvalue weighted by Gasteiger charge is 2.13. The molecule has 0 aliphatic rings. The van der Waals surface area contributed by atoms with E-state index in [4.69, 9.17) is 16.3 Å². The molecular weight excluding hydrogens is 305 g/mol. The third-order valence-corrected chi connectivity index (χ3v) is 3.19. The predicted octanol–water partition coefficient (Wildman–Crippen LogP) is 3.83. The minimum absolute atomic E-state index is 0.249. The second-order valence-corrected chi connectivity index (χ2v) is 4.61. The van der Waals surface area contributed by atoms with E-state index in [1.54, 1.807) is 19.1 Å². The lowest BCUT2D eigenvalue weighted by atomic mass is 10.2. The molecule has 0 radical (unpaired) electrons. The molecule has 0 spiro atoms. The Morgan fingerprint density at radius 2 is 2.29 bits per heavy atom. The zero-order chi connectivity index (χ0) is 12.4. The Labute approximate surface area is 112 Å². The van der Waals surface area contributed by atoms with Crippen molar-refractivity contribution in [2.75, 3.05) is 6.61 Å². The normalized spacial score (nSPS) is 10.5. The number of carbonyl (C=O) groups is 1. The lowest BCUT2D eigenvalue weighted by Gasteiger charge is -2.06. The van der Waals surface area contributed by atoms with Crippen molar-refractivity contribution >= 4 is 44.4 Å². The molecule has 0 bridgehead atoms. The average Bonchev–Trinajstić information content (AvgIpc) is 2.30. The van der Waals surface area contributed by atoms with Crippen LogP contribution in [0.4, 0.5) is 0 Å². The fraction of sp³-hybridized carbons (Fsp3) is 0.167. The third-order valence-electron chi connectivity index (χ3n) is 2.22. The number of halogens is 2. The molecule has 88 valence electrons. The van der Waals surface area contributed by atoms with Crippen LogP contribution in [-0.4, -0.2) is 17.6 Å². The largest absolute Gasteiger partial charge is 0.461 e.